The fourth-order valence-electron chi connectivity index (χ4n) is 2.10. The number of carbonyl (C=O) groups is 1. The summed E-state index contributed by atoms with van der Waals surface area (Å²) in [7, 11) is -2.25. The molecule has 1 aromatic rings. The minimum atomic E-state index is -3.84. The standard InChI is InChI=1S/C10H14N2O5S2/c1-17-7-3-2-6(4-7)12-19(15,16)10-8(9(13)14)11-5-18-10/h5-7,12H,2-4H2,1H3,(H,13,14). The first-order valence-corrected chi connectivity index (χ1v) is 8.02. The summed E-state index contributed by atoms with van der Waals surface area (Å²) in [5.41, 5.74) is 0.781. The lowest BCUT2D eigenvalue weighted by atomic mass is 10.3. The summed E-state index contributed by atoms with van der Waals surface area (Å²) in [4.78, 5) is 14.5. The average molecular weight is 306 g/mol. The zero-order chi connectivity index (χ0) is 14.0. The van der Waals surface area contributed by atoms with Crippen LogP contribution in [0, 0.1) is 0 Å². The Bertz CT molecular complexity index is 568. The third-order valence-corrected chi connectivity index (χ3v) is 5.91. The van der Waals surface area contributed by atoms with Gasteiger partial charge in [-0.05, 0) is 19.3 Å². The predicted octanol–water partition coefficient (Wildman–Crippen LogP) is 0.687. The molecular weight excluding hydrogens is 292 g/mol. The lowest BCUT2D eigenvalue weighted by molar-refractivity contribution is 0.0687. The maximum Gasteiger partial charge on any atom is 0.356 e. The van der Waals surface area contributed by atoms with E-state index in [0.717, 1.165) is 17.8 Å². The number of nitrogens with zero attached hydrogens (tertiary/aromatic N) is 1. The number of rotatable bonds is 5. The van der Waals surface area contributed by atoms with Gasteiger partial charge in [0.2, 0.25) is 0 Å². The quantitative estimate of drug-likeness (QED) is 0.829. The molecule has 0 aliphatic heterocycles. The first-order valence-electron chi connectivity index (χ1n) is 5.66. The Hall–Kier alpha value is -1.03. The number of sulfonamides is 1. The molecule has 2 atom stereocenters. The van der Waals surface area contributed by atoms with Crippen molar-refractivity contribution in [3.05, 3.63) is 11.2 Å². The first-order chi connectivity index (χ1) is 8.94. The number of carboxylic acids is 1. The molecule has 0 spiro atoms. The highest BCUT2D eigenvalue weighted by atomic mass is 32.2. The molecular formula is C10H14N2O5S2. The number of carboxylic acid groups (broad SMARTS) is 1. The highest BCUT2D eigenvalue weighted by molar-refractivity contribution is 7.91. The van der Waals surface area contributed by atoms with Gasteiger partial charge in [-0.2, -0.15) is 0 Å². The fourth-order valence-corrected chi connectivity index (χ4v) is 4.54. The van der Waals surface area contributed by atoms with Gasteiger partial charge >= 0.3 is 5.97 Å². The number of ether oxygens (including phenoxy) is 1. The zero-order valence-corrected chi connectivity index (χ0v) is 11.8. The third-order valence-electron chi connectivity index (χ3n) is 3.02. The number of aromatic nitrogens is 1. The summed E-state index contributed by atoms with van der Waals surface area (Å²) in [5, 5.41) is 8.89. The van der Waals surface area contributed by atoms with Crippen molar-refractivity contribution in [2.45, 2.75) is 35.6 Å². The molecule has 1 saturated carbocycles. The van der Waals surface area contributed by atoms with Crippen LogP contribution in [0.1, 0.15) is 29.8 Å². The van der Waals surface area contributed by atoms with Crippen molar-refractivity contribution in [1.29, 1.82) is 0 Å². The molecule has 7 nitrogen and oxygen atoms in total. The van der Waals surface area contributed by atoms with E-state index < -0.39 is 21.7 Å². The molecule has 0 radical (unpaired) electrons. The van der Waals surface area contributed by atoms with Gasteiger partial charge in [0, 0.05) is 13.2 Å². The number of aromatic carboxylic acids is 1. The first kappa shape index (κ1) is 14.4. The van der Waals surface area contributed by atoms with E-state index in [4.69, 9.17) is 9.84 Å². The van der Waals surface area contributed by atoms with Gasteiger partial charge in [-0.3, -0.25) is 0 Å². The number of thiazole rings is 1. The van der Waals surface area contributed by atoms with Crippen molar-refractivity contribution in [2.24, 2.45) is 0 Å². The molecule has 1 heterocycles. The maximum absolute atomic E-state index is 12.1. The van der Waals surface area contributed by atoms with Crippen molar-refractivity contribution in [3.8, 4) is 0 Å². The third kappa shape index (κ3) is 3.11. The molecule has 0 saturated heterocycles. The van der Waals surface area contributed by atoms with Crippen LogP contribution in [-0.4, -0.2) is 43.7 Å². The lowest BCUT2D eigenvalue weighted by Gasteiger charge is -2.12. The van der Waals surface area contributed by atoms with Crippen LogP contribution in [0.4, 0.5) is 0 Å². The largest absolute Gasteiger partial charge is 0.476 e. The molecule has 2 rings (SSSR count). The smallest absolute Gasteiger partial charge is 0.356 e. The Balaban J connectivity index is 2.15. The van der Waals surface area contributed by atoms with Gasteiger partial charge in [0.25, 0.3) is 10.0 Å². The summed E-state index contributed by atoms with van der Waals surface area (Å²) in [6.45, 7) is 0. The van der Waals surface area contributed by atoms with E-state index in [1.165, 1.54) is 5.51 Å². The van der Waals surface area contributed by atoms with Gasteiger partial charge in [0.05, 0.1) is 11.6 Å². The molecule has 1 aliphatic rings. The van der Waals surface area contributed by atoms with Gasteiger partial charge in [-0.15, -0.1) is 11.3 Å². The Kier molecular flexibility index (Phi) is 4.19. The van der Waals surface area contributed by atoms with Crippen LogP contribution in [0.3, 0.4) is 0 Å². The summed E-state index contributed by atoms with van der Waals surface area (Å²) in [5.74, 6) is -1.34. The second kappa shape index (κ2) is 5.53. The van der Waals surface area contributed by atoms with Crippen molar-refractivity contribution < 1.29 is 23.1 Å². The molecule has 106 valence electrons. The van der Waals surface area contributed by atoms with E-state index in [1.54, 1.807) is 7.11 Å². The van der Waals surface area contributed by atoms with Gasteiger partial charge in [0.1, 0.15) is 0 Å². The second-order valence-corrected chi connectivity index (χ2v) is 7.05. The summed E-state index contributed by atoms with van der Waals surface area (Å²) >= 11 is 0.801. The Morgan fingerprint density at radius 1 is 1.58 bits per heavy atom. The van der Waals surface area contributed by atoms with Gasteiger partial charge in [-0.25, -0.2) is 22.9 Å². The van der Waals surface area contributed by atoms with Crippen molar-refractivity contribution in [3.63, 3.8) is 0 Å². The highest BCUT2D eigenvalue weighted by Gasteiger charge is 2.32. The second-order valence-electron chi connectivity index (χ2n) is 4.28. The number of hydrogen-bond donors (Lipinski definition) is 2. The van der Waals surface area contributed by atoms with Gasteiger partial charge in [0.15, 0.2) is 9.90 Å². The number of methoxy groups -OCH3 is 1. The SMILES string of the molecule is COC1CCC(NS(=O)(=O)c2scnc2C(=O)O)C1. The van der Waals surface area contributed by atoms with Crippen LogP contribution in [-0.2, 0) is 14.8 Å². The van der Waals surface area contributed by atoms with Crippen LogP contribution in [0.2, 0.25) is 0 Å². The molecule has 19 heavy (non-hydrogen) atoms. The zero-order valence-electron chi connectivity index (χ0n) is 10.2. The molecule has 0 bridgehead atoms. The van der Waals surface area contributed by atoms with E-state index in [9.17, 15) is 13.2 Å². The predicted molar refractivity (Wildman–Crippen MR) is 67.8 cm³/mol. The monoisotopic (exact) mass is 306 g/mol. The molecule has 1 fully saturated rings. The average Bonchev–Trinajstić information content (AvgIpc) is 2.95. The highest BCUT2D eigenvalue weighted by Crippen LogP contribution is 2.25. The molecule has 9 heteroatoms. The molecule has 1 aliphatic carbocycles. The van der Waals surface area contributed by atoms with Crippen LogP contribution in [0.25, 0.3) is 0 Å². The van der Waals surface area contributed by atoms with Gasteiger partial charge < -0.3 is 9.84 Å². The number of nitrogens with one attached hydrogen (secondary N) is 1. The Morgan fingerprint density at radius 2 is 2.32 bits per heavy atom. The Morgan fingerprint density at radius 3 is 2.89 bits per heavy atom. The van der Waals surface area contributed by atoms with Gasteiger partial charge in [-0.1, -0.05) is 0 Å². The van der Waals surface area contributed by atoms with E-state index in [2.05, 4.69) is 9.71 Å². The molecule has 1 aromatic heterocycles. The fraction of sp³-hybridized carbons (Fsp3) is 0.600. The molecule has 2 unspecified atom stereocenters. The molecule has 0 aromatic carbocycles. The van der Waals surface area contributed by atoms with Crippen molar-refractivity contribution in [1.82, 2.24) is 9.71 Å². The van der Waals surface area contributed by atoms with Crippen LogP contribution in [0.5, 0.6) is 0 Å². The van der Waals surface area contributed by atoms with Crippen molar-refractivity contribution >= 4 is 27.3 Å². The normalized spacial score (nSPS) is 23.6. The van der Waals surface area contributed by atoms with E-state index >= 15 is 0 Å². The molecule has 0 amide bonds. The van der Waals surface area contributed by atoms with Crippen LogP contribution in [0.15, 0.2) is 9.72 Å². The minimum Gasteiger partial charge on any atom is -0.476 e. The lowest BCUT2D eigenvalue weighted by Crippen LogP contribution is -2.33. The number of hydrogen-bond acceptors (Lipinski definition) is 6. The van der Waals surface area contributed by atoms with E-state index in [1.807, 2.05) is 0 Å². The van der Waals surface area contributed by atoms with Crippen LogP contribution >= 0.6 is 11.3 Å². The molecule has 2 N–H and O–H groups in total. The Labute approximate surface area is 114 Å². The van der Waals surface area contributed by atoms with Crippen molar-refractivity contribution in [2.75, 3.05) is 7.11 Å². The topological polar surface area (TPSA) is 106 Å². The van der Waals surface area contributed by atoms with E-state index in [-0.39, 0.29) is 16.4 Å². The summed E-state index contributed by atoms with van der Waals surface area (Å²) < 4.78 is 31.7. The summed E-state index contributed by atoms with van der Waals surface area (Å²) in [6.07, 6.45) is 2.11. The van der Waals surface area contributed by atoms with E-state index in [0.29, 0.717) is 12.8 Å². The maximum atomic E-state index is 12.1. The minimum absolute atomic E-state index is 0.0492. The summed E-state index contributed by atoms with van der Waals surface area (Å²) in [6, 6.07) is -0.223. The van der Waals surface area contributed by atoms with Crippen LogP contribution < -0.4 is 4.72 Å².